The van der Waals surface area contributed by atoms with Gasteiger partial charge >= 0.3 is 0 Å². The van der Waals surface area contributed by atoms with Crippen molar-refractivity contribution in [3.63, 3.8) is 0 Å². The number of rotatable bonds is 3. The first-order valence-corrected chi connectivity index (χ1v) is 7.00. The molecule has 2 unspecified atom stereocenters. The van der Waals surface area contributed by atoms with Crippen LogP contribution in [-0.2, 0) is 0 Å². The average Bonchev–Trinajstić information content (AvgIpc) is 2.67. The van der Waals surface area contributed by atoms with E-state index in [1.807, 2.05) is 6.07 Å². The number of nitrogens with two attached hydrogens (primary N) is 1. The van der Waals surface area contributed by atoms with E-state index in [1.54, 1.807) is 6.26 Å². The van der Waals surface area contributed by atoms with Gasteiger partial charge in [0.05, 0.1) is 16.8 Å². The Morgan fingerprint density at radius 1 is 1.50 bits per heavy atom. The molecule has 6 heteroatoms. The van der Waals surface area contributed by atoms with Crippen molar-refractivity contribution in [2.75, 3.05) is 33.7 Å². The van der Waals surface area contributed by atoms with E-state index in [4.69, 9.17) is 10.3 Å². The van der Waals surface area contributed by atoms with Crippen molar-refractivity contribution in [3.8, 4) is 0 Å². The normalized spacial score (nSPS) is 25.0. The largest absolute Gasteiger partial charge is 0.466 e. The lowest BCUT2D eigenvalue weighted by molar-refractivity contribution is 0.165. The molecule has 1 aliphatic rings. The molecule has 5 nitrogen and oxygen atoms in total. The molecule has 0 aliphatic carbocycles. The van der Waals surface area contributed by atoms with Crippen LogP contribution in [-0.4, -0.2) is 49.6 Å². The maximum atomic E-state index is 5.75. The molecule has 0 spiro atoms. The molecule has 1 fully saturated rings. The molecule has 1 aliphatic heterocycles. The number of halogens is 1. The van der Waals surface area contributed by atoms with E-state index in [1.165, 1.54) is 6.42 Å². The highest BCUT2D eigenvalue weighted by Gasteiger charge is 2.31. The number of furan rings is 1. The molecule has 0 amide bonds. The lowest BCUT2D eigenvalue weighted by Gasteiger charge is -2.33. The van der Waals surface area contributed by atoms with Gasteiger partial charge in [0.1, 0.15) is 5.76 Å². The van der Waals surface area contributed by atoms with Gasteiger partial charge in [-0.15, -0.1) is 0 Å². The zero-order chi connectivity index (χ0) is 13.1. The van der Waals surface area contributed by atoms with Crippen LogP contribution < -0.4 is 11.3 Å². The molecule has 2 rings (SSSR count). The Morgan fingerprint density at radius 3 is 2.89 bits per heavy atom. The number of hydrazine groups is 1. The van der Waals surface area contributed by atoms with Gasteiger partial charge in [-0.25, -0.2) is 5.43 Å². The Balaban J connectivity index is 2.22. The van der Waals surface area contributed by atoms with Crippen molar-refractivity contribution >= 4 is 15.9 Å². The molecule has 1 saturated heterocycles. The molecular formula is C12H21BrN4O. The summed E-state index contributed by atoms with van der Waals surface area (Å²) in [6.45, 7) is 3.17. The van der Waals surface area contributed by atoms with Crippen LogP contribution in [0.3, 0.4) is 0 Å². The number of nitrogens with zero attached hydrogens (tertiary/aromatic N) is 2. The summed E-state index contributed by atoms with van der Waals surface area (Å²) in [4.78, 5) is 4.69. The van der Waals surface area contributed by atoms with E-state index in [0.717, 1.165) is 29.9 Å². The number of nitrogens with one attached hydrogen (secondary N) is 1. The summed E-state index contributed by atoms with van der Waals surface area (Å²) in [5, 5.41) is 0. The smallest absolute Gasteiger partial charge is 0.137 e. The molecule has 1 aromatic rings. The zero-order valence-electron chi connectivity index (χ0n) is 10.9. The van der Waals surface area contributed by atoms with Crippen LogP contribution >= 0.6 is 15.9 Å². The minimum absolute atomic E-state index is 0.0140. The van der Waals surface area contributed by atoms with E-state index >= 15 is 0 Å². The minimum atomic E-state index is -0.0140. The first-order chi connectivity index (χ1) is 8.63. The van der Waals surface area contributed by atoms with Crippen LogP contribution in [0.4, 0.5) is 0 Å². The SMILES string of the molecule is CN1CCCN(C)C(C(NN)c2occc2Br)C1. The lowest BCUT2D eigenvalue weighted by Crippen LogP contribution is -2.48. The van der Waals surface area contributed by atoms with E-state index < -0.39 is 0 Å². The summed E-state index contributed by atoms with van der Waals surface area (Å²) < 4.78 is 6.52. The zero-order valence-corrected chi connectivity index (χ0v) is 12.5. The summed E-state index contributed by atoms with van der Waals surface area (Å²) in [5.74, 6) is 6.61. The third-order valence-electron chi connectivity index (χ3n) is 3.61. The van der Waals surface area contributed by atoms with Gasteiger partial charge in [-0.1, -0.05) is 0 Å². The van der Waals surface area contributed by atoms with Gasteiger partial charge in [-0.2, -0.15) is 0 Å². The Kier molecular flexibility index (Phi) is 4.80. The number of likely N-dealkylation sites (N-methyl/N-ethyl adjacent to an activating group) is 2. The molecule has 0 saturated carbocycles. The summed E-state index contributed by atoms with van der Waals surface area (Å²) in [6.07, 6.45) is 2.87. The second-order valence-corrected chi connectivity index (χ2v) is 5.80. The van der Waals surface area contributed by atoms with Crippen LogP contribution in [0.5, 0.6) is 0 Å². The molecule has 0 bridgehead atoms. The highest BCUT2D eigenvalue weighted by Crippen LogP contribution is 2.29. The fourth-order valence-corrected chi connectivity index (χ4v) is 3.00. The molecule has 3 N–H and O–H groups in total. The predicted octanol–water partition coefficient (Wildman–Crippen LogP) is 1.18. The second kappa shape index (κ2) is 6.16. The predicted molar refractivity (Wildman–Crippen MR) is 75.0 cm³/mol. The Morgan fingerprint density at radius 2 is 2.28 bits per heavy atom. The minimum Gasteiger partial charge on any atom is -0.466 e. The highest BCUT2D eigenvalue weighted by atomic mass is 79.9. The lowest BCUT2D eigenvalue weighted by atomic mass is 10.0. The first-order valence-electron chi connectivity index (χ1n) is 6.21. The molecule has 0 radical (unpaired) electrons. The quantitative estimate of drug-likeness (QED) is 0.648. The van der Waals surface area contributed by atoms with E-state index in [-0.39, 0.29) is 6.04 Å². The summed E-state index contributed by atoms with van der Waals surface area (Å²) in [6, 6.07) is 2.19. The molecule has 102 valence electrons. The third kappa shape index (κ3) is 2.95. The van der Waals surface area contributed by atoms with Gasteiger partial charge < -0.3 is 14.2 Å². The first kappa shape index (κ1) is 14.0. The van der Waals surface area contributed by atoms with Crippen LogP contribution in [0.1, 0.15) is 18.2 Å². The van der Waals surface area contributed by atoms with Crippen LogP contribution in [0.15, 0.2) is 21.2 Å². The second-order valence-electron chi connectivity index (χ2n) is 4.94. The highest BCUT2D eigenvalue weighted by molar-refractivity contribution is 9.10. The van der Waals surface area contributed by atoms with Gasteiger partial charge in [0, 0.05) is 12.6 Å². The maximum Gasteiger partial charge on any atom is 0.137 e. The van der Waals surface area contributed by atoms with Crippen LogP contribution in [0, 0.1) is 0 Å². The van der Waals surface area contributed by atoms with Crippen LogP contribution in [0.2, 0.25) is 0 Å². The van der Waals surface area contributed by atoms with Crippen molar-refractivity contribution < 1.29 is 4.42 Å². The van der Waals surface area contributed by atoms with Crippen molar-refractivity contribution in [2.45, 2.75) is 18.5 Å². The van der Waals surface area contributed by atoms with Crippen molar-refractivity contribution in [2.24, 2.45) is 5.84 Å². The Bertz CT molecular complexity index is 384. The third-order valence-corrected chi connectivity index (χ3v) is 4.26. The topological polar surface area (TPSA) is 57.7 Å². The molecule has 18 heavy (non-hydrogen) atoms. The van der Waals surface area contributed by atoms with Crippen molar-refractivity contribution in [1.82, 2.24) is 15.2 Å². The van der Waals surface area contributed by atoms with Crippen molar-refractivity contribution in [3.05, 3.63) is 22.6 Å². The molecule has 2 atom stereocenters. The van der Waals surface area contributed by atoms with E-state index in [9.17, 15) is 0 Å². The Hall–Kier alpha value is -0.400. The van der Waals surface area contributed by atoms with Gasteiger partial charge in [-0.05, 0) is 55.6 Å². The summed E-state index contributed by atoms with van der Waals surface area (Å²) in [5.41, 5.74) is 2.90. The summed E-state index contributed by atoms with van der Waals surface area (Å²) in [7, 11) is 4.29. The standard InChI is InChI=1S/C12H21BrN4O/c1-16-5-3-6-17(2)10(8-16)11(15-14)12-9(13)4-7-18-12/h4,7,10-11,15H,3,5-6,8,14H2,1-2H3. The number of hydrogen-bond donors (Lipinski definition) is 2. The summed E-state index contributed by atoms with van der Waals surface area (Å²) >= 11 is 3.51. The maximum absolute atomic E-state index is 5.75. The van der Waals surface area contributed by atoms with E-state index in [2.05, 4.69) is 45.3 Å². The molecule has 2 heterocycles. The molecular weight excluding hydrogens is 296 g/mol. The molecule has 0 aromatic carbocycles. The Labute approximate surface area is 116 Å². The van der Waals surface area contributed by atoms with Gasteiger partial charge in [-0.3, -0.25) is 5.84 Å². The molecule has 1 aromatic heterocycles. The van der Waals surface area contributed by atoms with Gasteiger partial charge in [0.2, 0.25) is 0 Å². The van der Waals surface area contributed by atoms with E-state index in [0.29, 0.717) is 6.04 Å². The monoisotopic (exact) mass is 316 g/mol. The van der Waals surface area contributed by atoms with Gasteiger partial charge in [0.15, 0.2) is 0 Å². The average molecular weight is 317 g/mol. The fourth-order valence-electron chi connectivity index (χ4n) is 2.55. The fraction of sp³-hybridized carbons (Fsp3) is 0.667. The number of hydrogen-bond acceptors (Lipinski definition) is 5. The van der Waals surface area contributed by atoms with Crippen LogP contribution in [0.25, 0.3) is 0 Å². The van der Waals surface area contributed by atoms with Gasteiger partial charge in [0.25, 0.3) is 0 Å². The van der Waals surface area contributed by atoms with Crippen molar-refractivity contribution in [1.29, 1.82) is 0 Å².